The maximum Gasteiger partial charge on any atom is -0.0316 e. The predicted octanol–water partition coefficient (Wildman–Crippen LogP) is 10.3. The van der Waals surface area contributed by atoms with Crippen LogP contribution in [0.1, 0.15) is 142 Å². The molecule has 0 aromatic carbocycles. The molecule has 0 aliphatic carbocycles. The van der Waals surface area contributed by atoms with Crippen LogP contribution in [0.5, 0.6) is 0 Å². The van der Waals surface area contributed by atoms with E-state index in [1.165, 1.54) is 122 Å². The summed E-state index contributed by atoms with van der Waals surface area (Å²) in [7, 11) is 0. The Morgan fingerprint density at radius 3 is 1.32 bits per heavy atom. The molecule has 2 unspecified atom stereocenters. The van der Waals surface area contributed by atoms with E-state index in [2.05, 4.69) is 33.8 Å². The lowest BCUT2D eigenvalue weighted by Crippen LogP contribution is -1.97. The molecule has 0 saturated heterocycles. The van der Waals surface area contributed by atoms with Gasteiger partial charge in [-0.25, -0.2) is 0 Å². The van der Waals surface area contributed by atoms with Crippen LogP contribution in [0.25, 0.3) is 0 Å². The number of hydrogen-bond acceptors (Lipinski definition) is 0. The lowest BCUT2D eigenvalue weighted by Gasteiger charge is -2.13. The van der Waals surface area contributed by atoms with E-state index in [-0.39, 0.29) is 0 Å². The Hall–Kier alpha value is -0.260. The Morgan fingerprint density at radius 1 is 0.536 bits per heavy atom. The third kappa shape index (κ3) is 22.0. The molecule has 0 aliphatic heterocycles. The van der Waals surface area contributed by atoms with Gasteiger partial charge in [0.05, 0.1) is 0 Å². The summed E-state index contributed by atoms with van der Waals surface area (Å²) in [6.07, 6.45) is 32.2. The molecule has 0 amide bonds. The summed E-state index contributed by atoms with van der Waals surface area (Å²) in [6.45, 7) is 12.6. The van der Waals surface area contributed by atoms with Crippen LogP contribution in [0.3, 0.4) is 0 Å². The largest absolute Gasteiger partial charge is 0.0885 e. The lowest BCUT2D eigenvalue weighted by molar-refractivity contribution is 0.408. The van der Waals surface area contributed by atoms with Crippen LogP contribution in [-0.4, -0.2) is 0 Å². The summed E-state index contributed by atoms with van der Waals surface area (Å²) in [5, 5.41) is 0. The Kier molecular flexibility index (Phi) is 22.8. The van der Waals surface area contributed by atoms with Crippen LogP contribution in [-0.2, 0) is 0 Å². The number of hydrogen-bond donors (Lipinski definition) is 0. The van der Waals surface area contributed by atoms with E-state index in [1.54, 1.807) is 0 Å². The minimum Gasteiger partial charge on any atom is -0.0885 e. The molecule has 0 nitrogen and oxygen atoms in total. The van der Waals surface area contributed by atoms with Crippen LogP contribution in [0.2, 0.25) is 0 Å². The van der Waals surface area contributed by atoms with Gasteiger partial charge in [0.1, 0.15) is 0 Å². The first-order valence-corrected chi connectivity index (χ1v) is 12.9. The third-order valence-electron chi connectivity index (χ3n) is 6.33. The zero-order valence-corrected chi connectivity index (χ0v) is 19.9. The Bertz CT molecular complexity index is 303. The molecule has 0 heteroatoms. The minimum atomic E-state index is 0.942. The topological polar surface area (TPSA) is 0 Å². The van der Waals surface area contributed by atoms with E-state index in [4.69, 9.17) is 0 Å². The van der Waals surface area contributed by atoms with Crippen molar-refractivity contribution in [1.29, 1.82) is 0 Å². The quantitative estimate of drug-likeness (QED) is 0.161. The van der Waals surface area contributed by atoms with Crippen molar-refractivity contribution >= 4 is 0 Å². The van der Waals surface area contributed by atoms with Gasteiger partial charge in [-0.15, -0.1) is 0 Å². The summed E-state index contributed by atoms with van der Waals surface area (Å²) >= 11 is 0. The highest BCUT2D eigenvalue weighted by atomic mass is 14.1. The molecule has 2 atom stereocenters. The third-order valence-corrected chi connectivity index (χ3v) is 6.33. The molecule has 166 valence electrons. The van der Waals surface area contributed by atoms with Gasteiger partial charge in [0.15, 0.2) is 0 Å². The van der Waals surface area contributed by atoms with Gasteiger partial charge in [0.2, 0.25) is 0 Å². The normalized spacial score (nSPS) is 14.0. The molecule has 0 aliphatic rings. The van der Waals surface area contributed by atoms with Crippen LogP contribution in [0.4, 0.5) is 0 Å². The first-order chi connectivity index (χ1) is 13.7. The van der Waals surface area contributed by atoms with Crippen LogP contribution in [0.15, 0.2) is 12.2 Å². The van der Waals surface area contributed by atoms with Gasteiger partial charge in [-0.05, 0) is 31.6 Å². The Labute approximate surface area is 180 Å². The fourth-order valence-electron chi connectivity index (χ4n) is 4.23. The maximum atomic E-state index is 3.93. The van der Waals surface area contributed by atoms with Crippen molar-refractivity contribution in [3.63, 3.8) is 0 Å². The second kappa shape index (κ2) is 23.0. The molecule has 0 N–H and O–H groups in total. The predicted molar refractivity (Wildman–Crippen MR) is 131 cm³/mol. The number of rotatable bonds is 22. The van der Waals surface area contributed by atoms with E-state index in [9.17, 15) is 0 Å². The Morgan fingerprint density at radius 2 is 0.893 bits per heavy atom. The van der Waals surface area contributed by atoms with Gasteiger partial charge in [0, 0.05) is 0 Å². The molecule has 2 radical (unpaired) electrons. The molecular formula is C28H54. The van der Waals surface area contributed by atoms with Crippen LogP contribution in [0, 0.1) is 25.7 Å². The molecule has 0 fully saturated rings. The zero-order valence-electron chi connectivity index (χ0n) is 19.9. The molecule has 28 heavy (non-hydrogen) atoms. The van der Waals surface area contributed by atoms with Crippen molar-refractivity contribution in [3.8, 4) is 0 Å². The van der Waals surface area contributed by atoms with Gasteiger partial charge in [-0.2, -0.15) is 0 Å². The standard InChI is InChI=1S/C28H54/c1-5-7-9-11-12-13-14-15-17-20-24-28(4)26-22-18-21-25-27(3)23-19-16-10-8-6-2/h5,7,27-28H,1-2,6,8-26H2,3-4H3/b7-5+. The fraction of sp³-hybridized carbons (Fsp3) is 0.857. The summed E-state index contributed by atoms with van der Waals surface area (Å²) in [6, 6.07) is 0. The molecule has 0 saturated carbocycles. The fourth-order valence-corrected chi connectivity index (χ4v) is 4.23. The van der Waals surface area contributed by atoms with Gasteiger partial charge in [-0.1, -0.05) is 148 Å². The molecule has 0 rings (SSSR count). The molecule has 0 aromatic heterocycles. The van der Waals surface area contributed by atoms with Crippen molar-refractivity contribution in [1.82, 2.24) is 0 Å². The highest BCUT2D eigenvalue weighted by Crippen LogP contribution is 2.21. The monoisotopic (exact) mass is 390 g/mol. The van der Waals surface area contributed by atoms with Crippen molar-refractivity contribution in [2.75, 3.05) is 0 Å². The minimum absolute atomic E-state index is 0.942. The van der Waals surface area contributed by atoms with E-state index in [0.29, 0.717) is 0 Å². The second-order valence-electron chi connectivity index (χ2n) is 9.43. The first-order valence-electron chi connectivity index (χ1n) is 12.9. The zero-order chi connectivity index (χ0) is 20.7. The van der Waals surface area contributed by atoms with Gasteiger partial charge in [0.25, 0.3) is 0 Å². The summed E-state index contributed by atoms with van der Waals surface area (Å²) in [5.41, 5.74) is 0. The molecule has 0 spiro atoms. The van der Waals surface area contributed by atoms with Gasteiger partial charge < -0.3 is 0 Å². The van der Waals surface area contributed by atoms with Crippen molar-refractivity contribution in [2.45, 2.75) is 142 Å². The van der Waals surface area contributed by atoms with E-state index < -0.39 is 0 Å². The first kappa shape index (κ1) is 27.7. The second-order valence-corrected chi connectivity index (χ2v) is 9.43. The average molecular weight is 391 g/mol. The van der Waals surface area contributed by atoms with Crippen LogP contribution < -0.4 is 0 Å². The van der Waals surface area contributed by atoms with Gasteiger partial charge >= 0.3 is 0 Å². The average Bonchev–Trinajstić information content (AvgIpc) is 2.69. The van der Waals surface area contributed by atoms with Crippen LogP contribution >= 0.6 is 0 Å². The Balaban J connectivity index is 3.27. The van der Waals surface area contributed by atoms with E-state index in [1.807, 2.05) is 6.08 Å². The maximum absolute atomic E-state index is 3.93. The number of allylic oxidation sites excluding steroid dienone is 2. The molecule has 0 heterocycles. The van der Waals surface area contributed by atoms with E-state index >= 15 is 0 Å². The summed E-state index contributed by atoms with van der Waals surface area (Å²) in [4.78, 5) is 0. The molecule has 0 aromatic rings. The SMILES string of the molecule is [CH2]/C=C/CCCCCCCCCC(C)CCCCCC(C)CCCCCC[CH2]. The highest BCUT2D eigenvalue weighted by molar-refractivity contribution is 4.83. The van der Waals surface area contributed by atoms with E-state index in [0.717, 1.165) is 18.3 Å². The summed E-state index contributed by atoms with van der Waals surface area (Å²) < 4.78 is 0. The number of unbranched alkanes of at least 4 members (excludes halogenated alkanes) is 13. The summed E-state index contributed by atoms with van der Waals surface area (Å²) in [5.74, 6) is 1.89. The molecule has 0 bridgehead atoms. The molecular weight excluding hydrogens is 336 g/mol. The van der Waals surface area contributed by atoms with Gasteiger partial charge in [-0.3, -0.25) is 0 Å². The van der Waals surface area contributed by atoms with Crippen molar-refractivity contribution in [3.05, 3.63) is 26.0 Å². The van der Waals surface area contributed by atoms with Crippen molar-refractivity contribution < 1.29 is 0 Å². The highest BCUT2D eigenvalue weighted by Gasteiger charge is 2.04. The lowest BCUT2D eigenvalue weighted by atomic mass is 9.93. The smallest absolute Gasteiger partial charge is 0.0316 e. The van der Waals surface area contributed by atoms with Crippen molar-refractivity contribution in [2.24, 2.45) is 11.8 Å².